The van der Waals surface area contributed by atoms with Crippen molar-refractivity contribution in [2.45, 2.75) is 72.8 Å². The van der Waals surface area contributed by atoms with E-state index in [1.54, 1.807) is 0 Å². The van der Waals surface area contributed by atoms with E-state index in [9.17, 15) is 0 Å². The molecule has 150 valence electrons. The minimum atomic E-state index is 0.348. The Balaban J connectivity index is 2.24. The molecule has 0 aromatic carbocycles. The van der Waals surface area contributed by atoms with Gasteiger partial charge in [-0.25, -0.2) is 19.6 Å². The van der Waals surface area contributed by atoms with E-state index in [2.05, 4.69) is 56.8 Å². The summed E-state index contributed by atoms with van der Waals surface area (Å²) in [5, 5.41) is 8.03. The molecule has 0 bridgehead atoms. The molecule has 1 N–H and O–H groups in total. The standard InChI is InChI=1S/C22H32N6/c1-8-15(9-2)28-22-19(14(6)27-28)26-20(17(10-3)25-22)16-11-12-18(13(4)5)24-21(16)23-7/h11-13,15H,8-10H2,1-7H3,(H,23,24). The van der Waals surface area contributed by atoms with Crippen LogP contribution in [0.2, 0.25) is 0 Å². The van der Waals surface area contributed by atoms with Crippen molar-refractivity contribution >= 4 is 17.0 Å². The lowest BCUT2D eigenvalue weighted by atomic mass is 10.0. The number of fused-ring (bicyclic) bond motifs is 1. The van der Waals surface area contributed by atoms with Gasteiger partial charge in [-0.3, -0.25) is 0 Å². The zero-order chi connectivity index (χ0) is 20.4. The smallest absolute Gasteiger partial charge is 0.177 e. The molecule has 0 spiro atoms. The predicted octanol–water partition coefficient (Wildman–Crippen LogP) is 5.29. The molecule has 3 aromatic heterocycles. The Hall–Kier alpha value is -2.50. The topological polar surface area (TPSA) is 68.5 Å². The van der Waals surface area contributed by atoms with Gasteiger partial charge in [-0.05, 0) is 44.2 Å². The second-order valence-electron chi connectivity index (χ2n) is 7.58. The van der Waals surface area contributed by atoms with Crippen LogP contribution in [0.5, 0.6) is 0 Å². The van der Waals surface area contributed by atoms with Gasteiger partial charge in [0.05, 0.1) is 23.1 Å². The van der Waals surface area contributed by atoms with E-state index in [0.29, 0.717) is 12.0 Å². The quantitative estimate of drug-likeness (QED) is 0.603. The van der Waals surface area contributed by atoms with Gasteiger partial charge in [0.2, 0.25) is 0 Å². The zero-order valence-corrected chi connectivity index (χ0v) is 18.2. The van der Waals surface area contributed by atoms with Crippen LogP contribution in [0.15, 0.2) is 12.1 Å². The monoisotopic (exact) mass is 380 g/mol. The Bertz CT molecular complexity index is 969. The normalized spacial score (nSPS) is 11.8. The number of aromatic nitrogens is 5. The molecule has 3 heterocycles. The molecule has 0 saturated heterocycles. The highest BCUT2D eigenvalue weighted by atomic mass is 15.3. The Morgan fingerprint density at radius 2 is 1.75 bits per heavy atom. The number of anilines is 1. The molecule has 0 aliphatic rings. The third-order valence-corrected chi connectivity index (χ3v) is 5.39. The fourth-order valence-electron chi connectivity index (χ4n) is 3.65. The summed E-state index contributed by atoms with van der Waals surface area (Å²) in [6, 6.07) is 4.55. The Morgan fingerprint density at radius 3 is 2.32 bits per heavy atom. The van der Waals surface area contributed by atoms with Gasteiger partial charge in [0.15, 0.2) is 5.65 Å². The fourth-order valence-corrected chi connectivity index (χ4v) is 3.65. The third kappa shape index (κ3) is 3.48. The molecule has 0 amide bonds. The minimum Gasteiger partial charge on any atom is -0.373 e. The molecule has 6 heteroatoms. The molecule has 0 atom stereocenters. The molecule has 0 saturated carbocycles. The molecule has 0 aliphatic heterocycles. The highest BCUT2D eigenvalue weighted by Crippen LogP contribution is 2.32. The van der Waals surface area contributed by atoms with Crippen LogP contribution in [-0.4, -0.2) is 31.8 Å². The van der Waals surface area contributed by atoms with Crippen molar-refractivity contribution in [3.63, 3.8) is 0 Å². The largest absolute Gasteiger partial charge is 0.373 e. The van der Waals surface area contributed by atoms with E-state index in [1.165, 1.54) is 0 Å². The number of rotatable bonds is 7. The first kappa shape index (κ1) is 20.2. The van der Waals surface area contributed by atoms with Gasteiger partial charge < -0.3 is 5.32 Å². The van der Waals surface area contributed by atoms with E-state index < -0.39 is 0 Å². The molecule has 0 radical (unpaired) electrons. The third-order valence-electron chi connectivity index (χ3n) is 5.39. The number of nitrogens with zero attached hydrogens (tertiary/aromatic N) is 5. The van der Waals surface area contributed by atoms with E-state index >= 15 is 0 Å². The average Bonchev–Trinajstić information content (AvgIpc) is 3.03. The van der Waals surface area contributed by atoms with Gasteiger partial charge in [-0.1, -0.05) is 34.6 Å². The van der Waals surface area contributed by atoms with Crippen LogP contribution < -0.4 is 5.32 Å². The summed E-state index contributed by atoms with van der Waals surface area (Å²) in [7, 11) is 1.91. The van der Waals surface area contributed by atoms with Gasteiger partial charge in [0.1, 0.15) is 11.3 Å². The molecule has 0 aliphatic carbocycles. The van der Waals surface area contributed by atoms with Gasteiger partial charge in [0.25, 0.3) is 0 Å². The van der Waals surface area contributed by atoms with Gasteiger partial charge in [-0.2, -0.15) is 5.10 Å². The summed E-state index contributed by atoms with van der Waals surface area (Å²) in [5.74, 6) is 1.22. The van der Waals surface area contributed by atoms with Crippen LogP contribution in [0.3, 0.4) is 0 Å². The number of hydrogen-bond acceptors (Lipinski definition) is 5. The Kier molecular flexibility index (Phi) is 5.96. The van der Waals surface area contributed by atoms with E-state index in [4.69, 9.17) is 20.1 Å². The van der Waals surface area contributed by atoms with Crippen molar-refractivity contribution < 1.29 is 0 Å². The van der Waals surface area contributed by atoms with Crippen LogP contribution >= 0.6 is 0 Å². The van der Waals surface area contributed by atoms with Crippen molar-refractivity contribution in [3.05, 3.63) is 29.2 Å². The molecule has 28 heavy (non-hydrogen) atoms. The van der Waals surface area contributed by atoms with Gasteiger partial charge >= 0.3 is 0 Å². The fraction of sp³-hybridized carbons (Fsp3) is 0.545. The maximum absolute atomic E-state index is 5.04. The van der Waals surface area contributed by atoms with E-state index in [0.717, 1.165) is 64.6 Å². The molecule has 3 rings (SSSR count). The summed E-state index contributed by atoms with van der Waals surface area (Å²) in [6.07, 6.45) is 2.87. The zero-order valence-electron chi connectivity index (χ0n) is 18.2. The number of pyridine rings is 1. The summed E-state index contributed by atoms with van der Waals surface area (Å²) in [6.45, 7) is 12.8. The molecule has 0 unspecified atom stereocenters. The van der Waals surface area contributed by atoms with Crippen LogP contribution in [0.4, 0.5) is 5.82 Å². The van der Waals surface area contributed by atoms with E-state index in [-0.39, 0.29) is 0 Å². The van der Waals surface area contributed by atoms with Gasteiger partial charge in [-0.15, -0.1) is 0 Å². The van der Waals surface area contributed by atoms with Crippen molar-refractivity contribution in [3.8, 4) is 11.3 Å². The first-order chi connectivity index (χ1) is 13.4. The highest BCUT2D eigenvalue weighted by Gasteiger charge is 2.21. The van der Waals surface area contributed by atoms with E-state index in [1.807, 2.05) is 14.0 Å². The summed E-state index contributed by atoms with van der Waals surface area (Å²) < 4.78 is 2.07. The van der Waals surface area contributed by atoms with Crippen molar-refractivity contribution in [2.75, 3.05) is 12.4 Å². The Morgan fingerprint density at radius 1 is 1.04 bits per heavy atom. The first-order valence-electron chi connectivity index (χ1n) is 10.4. The van der Waals surface area contributed by atoms with Crippen molar-refractivity contribution in [1.82, 2.24) is 24.7 Å². The molecule has 0 fully saturated rings. The van der Waals surface area contributed by atoms with Crippen LogP contribution in [0.1, 0.15) is 76.5 Å². The average molecular weight is 381 g/mol. The van der Waals surface area contributed by atoms with Crippen molar-refractivity contribution in [2.24, 2.45) is 0 Å². The predicted molar refractivity (Wildman–Crippen MR) is 116 cm³/mol. The second-order valence-corrected chi connectivity index (χ2v) is 7.58. The lowest BCUT2D eigenvalue weighted by Gasteiger charge is -2.16. The minimum absolute atomic E-state index is 0.348. The summed E-state index contributed by atoms with van der Waals surface area (Å²) >= 11 is 0. The second kappa shape index (κ2) is 8.25. The molecule has 6 nitrogen and oxygen atoms in total. The highest BCUT2D eigenvalue weighted by molar-refractivity contribution is 5.81. The maximum atomic E-state index is 5.04. The first-order valence-corrected chi connectivity index (χ1v) is 10.4. The number of aryl methyl sites for hydroxylation is 2. The molecular formula is C22H32N6. The van der Waals surface area contributed by atoms with Gasteiger partial charge in [0, 0.05) is 18.3 Å². The lowest BCUT2D eigenvalue weighted by molar-refractivity contribution is 0.436. The van der Waals surface area contributed by atoms with Crippen molar-refractivity contribution in [1.29, 1.82) is 0 Å². The number of hydrogen-bond donors (Lipinski definition) is 1. The summed E-state index contributed by atoms with van der Waals surface area (Å²) in [4.78, 5) is 14.9. The van der Waals surface area contributed by atoms with Crippen LogP contribution in [-0.2, 0) is 6.42 Å². The molecular weight excluding hydrogens is 348 g/mol. The SMILES string of the molecule is CCc1nc2c(nc1-c1ccc(C(C)C)nc1NC)c(C)nn2C(CC)CC. The Labute approximate surface area is 167 Å². The number of nitrogens with one attached hydrogen (secondary N) is 1. The summed E-state index contributed by atoms with van der Waals surface area (Å²) in [5.41, 5.74) is 6.64. The van der Waals surface area contributed by atoms with Crippen LogP contribution in [0.25, 0.3) is 22.4 Å². The molecule has 3 aromatic rings. The maximum Gasteiger partial charge on any atom is 0.177 e. The van der Waals surface area contributed by atoms with Crippen LogP contribution in [0, 0.1) is 6.92 Å². The lowest BCUT2D eigenvalue weighted by Crippen LogP contribution is -2.10.